The van der Waals surface area contributed by atoms with E-state index in [1.54, 1.807) is 11.8 Å². The van der Waals surface area contributed by atoms with Crippen LogP contribution in [0.3, 0.4) is 0 Å². The van der Waals surface area contributed by atoms with Gasteiger partial charge in [-0.3, -0.25) is 0 Å². The molecule has 4 aromatic rings. The maximum Gasteiger partial charge on any atom is 0.340 e. The molecule has 0 fully saturated rings. The number of hydrogen-bond donors (Lipinski definition) is 1. The number of anilines is 2. The van der Waals surface area contributed by atoms with Gasteiger partial charge in [0, 0.05) is 9.79 Å². The summed E-state index contributed by atoms with van der Waals surface area (Å²) >= 11 is 1.71. The number of benzene rings is 4. The van der Waals surface area contributed by atoms with Crippen LogP contribution in [0.15, 0.2) is 76.5 Å². The van der Waals surface area contributed by atoms with Crippen LogP contribution in [0.5, 0.6) is 0 Å². The molecule has 0 atom stereocenters. The summed E-state index contributed by atoms with van der Waals surface area (Å²) in [6, 6.07) is 22.6. The Hall–Kier alpha value is -2.98. The van der Waals surface area contributed by atoms with Gasteiger partial charge >= 0.3 is 5.97 Å². The number of hydrogen-bond acceptors (Lipinski definition) is 4. The van der Waals surface area contributed by atoms with Crippen LogP contribution < -0.4 is 5.32 Å². The molecule has 0 aliphatic carbocycles. The van der Waals surface area contributed by atoms with Crippen LogP contribution in [0.4, 0.5) is 11.4 Å². The molecule has 0 spiro atoms. The number of nitrogens with one attached hydrogen (secondary N) is 1. The summed E-state index contributed by atoms with van der Waals surface area (Å²) in [6.45, 7) is 0. The fraction of sp³-hybridized carbons (Fsp3) is 0.0455. The van der Waals surface area contributed by atoms with Crippen molar-refractivity contribution >= 4 is 50.7 Å². The van der Waals surface area contributed by atoms with E-state index in [1.165, 1.54) is 22.8 Å². The van der Waals surface area contributed by atoms with Crippen LogP contribution >= 0.6 is 11.8 Å². The lowest BCUT2D eigenvalue weighted by Crippen LogP contribution is -2.10. The van der Waals surface area contributed by atoms with Gasteiger partial charge in [-0.05, 0) is 33.7 Å². The zero-order valence-electron chi connectivity index (χ0n) is 14.1. The lowest BCUT2D eigenvalue weighted by Gasteiger charge is -2.25. The third kappa shape index (κ3) is 2.19. The van der Waals surface area contributed by atoms with Crippen molar-refractivity contribution in [3.63, 3.8) is 0 Å². The van der Waals surface area contributed by atoms with Gasteiger partial charge in [-0.15, -0.1) is 0 Å². The topological polar surface area (TPSA) is 38.3 Å². The van der Waals surface area contributed by atoms with E-state index in [9.17, 15) is 4.79 Å². The van der Waals surface area contributed by atoms with Crippen LogP contribution in [-0.2, 0) is 4.74 Å². The van der Waals surface area contributed by atoms with Crippen molar-refractivity contribution in [1.29, 1.82) is 0 Å². The van der Waals surface area contributed by atoms with E-state index < -0.39 is 0 Å². The Morgan fingerprint density at radius 1 is 0.885 bits per heavy atom. The molecular formula is C22H15NO2S. The summed E-state index contributed by atoms with van der Waals surface area (Å²) in [7, 11) is 1.42. The average Bonchev–Trinajstić information content (AvgIpc) is 2.71. The number of rotatable bonds is 1. The minimum absolute atomic E-state index is 0.329. The van der Waals surface area contributed by atoms with Gasteiger partial charge in [0.15, 0.2) is 0 Å². The quantitative estimate of drug-likeness (QED) is 0.374. The summed E-state index contributed by atoms with van der Waals surface area (Å²) in [5, 5.41) is 8.06. The van der Waals surface area contributed by atoms with Gasteiger partial charge in [0.2, 0.25) is 0 Å². The zero-order valence-corrected chi connectivity index (χ0v) is 14.9. The van der Waals surface area contributed by atoms with Gasteiger partial charge in [0.25, 0.3) is 0 Å². The Balaban J connectivity index is 1.82. The van der Waals surface area contributed by atoms with E-state index in [1.807, 2.05) is 30.3 Å². The number of fused-ring (bicyclic) bond motifs is 6. The van der Waals surface area contributed by atoms with Crippen molar-refractivity contribution in [3.05, 3.63) is 72.3 Å². The van der Waals surface area contributed by atoms with E-state index in [2.05, 4.69) is 41.7 Å². The summed E-state index contributed by atoms with van der Waals surface area (Å²) in [5.74, 6) is -0.329. The molecule has 0 unspecified atom stereocenters. The van der Waals surface area contributed by atoms with Crippen molar-refractivity contribution in [2.24, 2.45) is 0 Å². The molecule has 0 aromatic heterocycles. The normalized spacial score (nSPS) is 12.3. The van der Waals surface area contributed by atoms with Gasteiger partial charge < -0.3 is 10.1 Å². The molecule has 3 nitrogen and oxygen atoms in total. The van der Waals surface area contributed by atoms with Crippen molar-refractivity contribution in [2.75, 3.05) is 12.4 Å². The molecule has 26 heavy (non-hydrogen) atoms. The van der Waals surface area contributed by atoms with E-state index in [-0.39, 0.29) is 5.97 Å². The molecule has 0 radical (unpaired) electrons. The summed E-state index contributed by atoms with van der Waals surface area (Å²) in [6.07, 6.45) is 0. The Labute approximate surface area is 155 Å². The number of carbonyl (C=O) groups excluding carboxylic acids is 1. The zero-order chi connectivity index (χ0) is 17.7. The minimum Gasteiger partial charge on any atom is -0.465 e. The van der Waals surface area contributed by atoms with E-state index in [4.69, 9.17) is 4.74 Å². The van der Waals surface area contributed by atoms with Crippen molar-refractivity contribution in [3.8, 4) is 0 Å². The predicted molar refractivity (Wildman–Crippen MR) is 107 cm³/mol. The van der Waals surface area contributed by atoms with Crippen LogP contribution in [-0.4, -0.2) is 13.1 Å². The lowest BCUT2D eigenvalue weighted by atomic mass is 10.0. The van der Waals surface area contributed by atoms with E-state index in [0.717, 1.165) is 27.0 Å². The number of ether oxygens (including phenoxy) is 1. The van der Waals surface area contributed by atoms with Crippen LogP contribution in [0, 0.1) is 0 Å². The van der Waals surface area contributed by atoms with Crippen molar-refractivity contribution in [1.82, 2.24) is 0 Å². The second-order valence-electron chi connectivity index (χ2n) is 6.23. The molecule has 0 saturated carbocycles. The molecule has 1 aliphatic rings. The fourth-order valence-corrected chi connectivity index (χ4v) is 4.79. The summed E-state index contributed by atoms with van der Waals surface area (Å²) in [4.78, 5) is 14.6. The van der Waals surface area contributed by atoms with Gasteiger partial charge in [-0.25, -0.2) is 4.79 Å². The second-order valence-corrected chi connectivity index (χ2v) is 7.25. The highest BCUT2D eigenvalue weighted by Crippen LogP contribution is 2.51. The molecule has 0 saturated heterocycles. The van der Waals surface area contributed by atoms with E-state index in [0.29, 0.717) is 5.56 Å². The molecule has 126 valence electrons. The summed E-state index contributed by atoms with van der Waals surface area (Å²) in [5.41, 5.74) is 2.40. The summed E-state index contributed by atoms with van der Waals surface area (Å²) < 4.78 is 5.02. The van der Waals surface area contributed by atoms with Crippen LogP contribution in [0.2, 0.25) is 0 Å². The molecule has 4 heteroatoms. The average molecular weight is 357 g/mol. The molecule has 0 amide bonds. The third-order valence-corrected chi connectivity index (χ3v) is 6.02. The van der Waals surface area contributed by atoms with Crippen molar-refractivity contribution in [2.45, 2.75) is 9.79 Å². The SMILES string of the molecule is COC(=O)c1cc2ccccc2c2c1Nc1ccc3ccccc3c1S2. The van der Waals surface area contributed by atoms with Gasteiger partial charge in [0.05, 0.1) is 24.0 Å². The van der Waals surface area contributed by atoms with Gasteiger partial charge in [0.1, 0.15) is 0 Å². The Morgan fingerprint density at radius 3 is 2.35 bits per heavy atom. The number of methoxy groups -OCH3 is 1. The smallest absolute Gasteiger partial charge is 0.340 e. The molecule has 1 aliphatic heterocycles. The number of esters is 1. The van der Waals surface area contributed by atoms with Crippen LogP contribution in [0.1, 0.15) is 10.4 Å². The van der Waals surface area contributed by atoms with Crippen LogP contribution in [0.25, 0.3) is 21.5 Å². The highest BCUT2D eigenvalue weighted by atomic mass is 32.2. The fourth-order valence-electron chi connectivity index (χ4n) is 3.50. The maximum absolute atomic E-state index is 12.4. The first-order valence-corrected chi connectivity index (χ1v) is 9.18. The highest BCUT2D eigenvalue weighted by Gasteiger charge is 2.25. The second kappa shape index (κ2) is 5.78. The first-order valence-electron chi connectivity index (χ1n) is 8.37. The standard InChI is InChI=1S/C22H15NO2S/c1-25-22(24)17-12-14-7-3-5-9-16(14)21-19(17)23-18-11-10-13-6-2-4-8-15(13)20(18)26-21/h2-12,23H,1H3. The Morgan fingerprint density at radius 2 is 1.58 bits per heavy atom. The Bertz CT molecular complexity index is 1200. The molecular weight excluding hydrogens is 342 g/mol. The highest BCUT2D eigenvalue weighted by molar-refractivity contribution is 8.00. The first-order chi connectivity index (χ1) is 12.8. The monoisotopic (exact) mass is 357 g/mol. The largest absolute Gasteiger partial charge is 0.465 e. The lowest BCUT2D eigenvalue weighted by molar-refractivity contribution is 0.0602. The maximum atomic E-state index is 12.4. The Kier molecular flexibility index (Phi) is 3.40. The predicted octanol–water partition coefficient (Wildman–Crippen LogP) is 5.99. The molecule has 5 rings (SSSR count). The van der Waals surface area contributed by atoms with Crippen molar-refractivity contribution < 1.29 is 9.53 Å². The van der Waals surface area contributed by atoms with Gasteiger partial charge in [-0.1, -0.05) is 66.4 Å². The molecule has 0 bridgehead atoms. The number of carbonyl (C=O) groups is 1. The molecule has 1 heterocycles. The van der Waals surface area contributed by atoms with Gasteiger partial charge in [-0.2, -0.15) is 0 Å². The minimum atomic E-state index is -0.329. The molecule has 4 aromatic carbocycles. The first kappa shape index (κ1) is 15.3. The van der Waals surface area contributed by atoms with E-state index >= 15 is 0 Å². The third-order valence-electron chi connectivity index (χ3n) is 4.75. The molecule has 1 N–H and O–H groups in total.